The van der Waals surface area contributed by atoms with E-state index in [9.17, 15) is 0 Å². The van der Waals surface area contributed by atoms with Crippen LogP contribution < -0.4 is 0 Å². The highest BCUT2D eigenvalue weighted by Crippen LogP contribution is 2.52. The maximum absolute atomic E-state index is 2.50. The zero-order chi connectivity index (χ0) is 37.5. The Morgan fingerprint density at radius 3 is 1.96 bits per heavy atom. The Hall–Kier alpha value is -6.44. The first kappa shape index (κ1) is 32.9. The van der Waals surface area contributed by atoms with Crippen LogP contribution in [0.5, 0.6) is 0 Å². The summed E-state index contributed by atoms with van der Waals surface area (Å²) in [6.07, 6.45) is 1.02. The molecule has 0 N–H and O–H groups in total. The van der Waals surface area contributed by atoms with Gasteiger partial charge < -0.3 is 4.57 Å². The van der Waals surface area contributed by atoms with Crippen molar-refractivity contribution in [2.75, 3.05) is 0 Å². The van der Waals surface area contributed by atoms with Crippen molar-refractivity contribution in [1.82, 2.24) is 4.57 Å². The third kappa shape index (κ3) is 5.00. The van der Waals surface area contributed by atoms with Crippen LogP contribution in [-0.4, -0.2) is 4.57 Å². The zero-order valence-electron chi connectivity index (χ0n) is 32.1. The lowest BCUT2D eigenvalue weighted by atomic mass is 9.80. The topological polar surface area (TPSA) is 4.93 Å². The minimum Gasteiger partial charge on any atom is -0.309 e. The van der Waals surface area contributed by atoms with E-state index in [4.69, 9.17) is 0 Å². The van der Waals surface area contributed by atoms with E-state index in [1.807, 2.05) is 0 Å². The lowest BCUT2D eigenvalue weighted by Gasteiger charge is -2.23. The SMILES string of the molecule is CC1c2ccccc2-c2cc(-c3ccc4c(c3)c3cc5c(cc3n4-c3cccc(-c4ccccc4)c3)C(C)(C)c3ccccc3-5)ccc2CC1c1ccccc1. The van der Waals surface area contributed by atoms with E-state index in [2.05, 4.69) is 207 Å². The Morgan fingerprint density at radius 1 is 0.464 bits per heavy atom. The van der Waals surface area contributed by atoms with Gasteiger partial charge in [-0.25, -0.2) is 0 Å². The molecule has 1 aromatic heterocycles. The Labute approximate surface area is 329 Å². The predicted molar refractivity (Wildman–Crippen MR) is 236 cm³/mol. The molecule has 0 aliphatic heterocycles. The monoisotopic (exact) mass is 717 g/mol. The molecular formula is C55H43N. The van der Waals surface area contributed by atoms with Crippen molar-refractivity contribution in [3.05, 3.63) is 210 Å². The number of nitrogens with zero attached hydrogens (tertiary/aromatic N) is 1. The molecule has 0 saturated heterocycles. The maximum Gasteiger partial charge on any atom is 0.0544 e. The van der Waals surface area contributed by atoms with Crippen molar-refractivity contribution in [1.29, 1.82) is 0 Å². The van der Waals surface area contributed by atoms with Gasteiger partial charge in [-0.1, -0.05) is 160 Å². The van der Waals surface area contributed by atoms with Crippen LogP contribution in [0.1, 0.15) is 60.4 Å². The van der Waals surface area contributed by atoms with Gasteiger partial charge in [-0.2, -0.15) is 0 Å². The largest absolute Gasteiger partial charge is 0.309 e. The molecule has 0 fully saturated rings. The third-order valence-electron chi connectivity index (χ3n) is 13.1. The summed E-state index contributed by atoms with van der Waals surface area (Å²) in [5.41, 5.74) is 21.0. The highest BCUT2D eigenvalue weighted by atomic mass is 15.0. The van der Waals surface area contributed by atoms with Crippen LogP contribution in [0, 0.1) is 0 Å². The zero-order valence-corrected chi connectivity index (χ0v) is 32.1. The van der Waals surface area contributed by atoms with Crippen LogP contribution in [0.25, 0.3) is 72.0 Å². The molecule has 11 rings (SSSR count). The summed E-state index contributed by atoms with van der Waals surface area (Å²) in [5, 5.41) is 2.57. The Morgan fingerprint density at radius 2 is 1.12 bits per heavy atom. The van der Waals surface area contributed by atoms with Crippen LogP contribution in [0.3, 0.4) is 0 Å². The molecule has 0 radical (unpaired) electrons. The first-order valence-electron chi connectivity index (χ1n) is 20.1. The number of benzene rings is 8. The van der Waals surface area contributed by atoms with Gasteiger partial charge in [0.05, 0.1) is 11.0 Å². The predicted octanol–water partition coefficient (Wildman–Crippen LogP) is 14.5. The van der Waals surface area contributed by atoms with E-state index < -0.39 is 0 Å². The van der Waals surface area contributed by atoms with Crippen molar-refractivity contribution in [3.63, 3.8) is 0 Å². The molecule has 2 aliphatic carbocycles. The second-order valence-electron chi connectivity index (χ2n) is 16.5. The molecular weight excluding hydrogens is 675 g/mol. The van der Waals surface area contributed by atoms with Crippen molar-refractivity contribution >= 4 is 21.8 Å². The van der Waals surface area contributed by atoms with Crippen LogP contribution in [0.4, 0.5) is 0 Å². The second kappa shape index (κ2) is 12.5. The first-order chi connectivity index (χ1) is 27.4. The minimum atomic E-state index is -0.0897. The number of rotatable bonds is 4. The van der Waals surface area contributed by atoms with E-state index in [0.717, 1.165) is 6.42 Å². The summed E-state index contributed by atoms with van der Waals surface area (Å²) < 4.78 is 2.50. The molecule has 2 unspecified atom stereocenters. The van der Waals surface area contributed by atoms with Crippen LogP contribution in [0.15, 0.2) is 182 Å². The third-order valence-corrected chi connectivity index (χ3v) is 13.1. The molecule has 268 valence electrons. The summed E-state index contributed by atoms with van der Waals surface area (Å²) >= 11 is 0. The van der Waals surface area contributed by atoms with Crippen LogP contribution in [-0.2, 0) is 11.8 Å². The van der Waals surface area contributed by atoms with Gasteiger partial charge >= 0.3 is 0 Å². The number of hydrogen-bond donors (Lipinski definition) is 0. The lowest BCUT2D eigenvalue weighted by molar-refractivity contribution is 0.579. The van der Waals surface area contributed by atoms with Gasteiger partial charge in [0.25, 0.3) is 0 Å². The van der Waals surface area contributed by atoms with E-state index in [-0.39, 0.29) is 5.41 Å². The van der Waals surface area contributed by atoms with E-state index in [0.29, 0.717) is 11.8 Å². The molecule has 8 aromatic carbocycles. The summed E-state index contributed by atoms with van der Waals surface area (Å²) in [6, 6.07) is 68.3. The second-order valence-corrected chi connectivity index (χ2v) is 16.5. The molecule has 1 heteroatoms. The Bertz CT molecular complexity index is 2980. The summed E-state index contributed by atoms with van der Waals surface area (Å²) in [5.74, 6) is 0.827. The van der Waals surface area contributed by atoms with Gasteiger partial charge in [-0.3, -0.25) is 0 Å². The van der Waals surface area contributed by atoms with Gasteiger partial charge in [0.1, 0.15) is 0 Å². The average Bonchev–Trinajstić information content (AvgIpc) is 3.64. The number of fused-ring (bicyclic) bond motifs is 9. The van der Waals surface area contributed by atoms with Crippen molar-refractivity contribution < 1.29 is 0 Å². The Kier molecular flexibility index (Phi) is 7.38. The average molecular weight is 718 g/mol. The number of hydrogen-bond acceptors (Lipinski definition) is 0. The normalized spacial score (nSPS) is 16.6. The smallest absolute Gasteiger partial charge is 0.0544 e. The fraction of sp³-hybridized carbons (Fsp3) is 0.127. The highest BCUT2D eigenvalue weighted by molar-refractivity contribution is 6.13. The molecule has 0 amide bonds. The molecule has 0 spiro atoms. The molecule has 0 bridgehead atoms. The van der Waals surface area contributed by atoms with Gasteiger partial charge in [0.2, 0.25) is 0 Å². The van der Waals surface area contributed by atoms with Gasteiger partial charge in [0.15, 0.2) is 0 Å². The molecule has 1 heterocycles. The van der Waals surface area contributed by atoms with Gasteiger partial charge in [-0.05, 0) is 133 Å². The molecule has 0 saturated carbocycles. The Balaban J connectivity index is 1.12. The summed E-state index contributed by atoms with van der Waals surface area (Å²) in [4.78, 5) is 0. The molecule has 2 atom stereocenters. The molecule has 56 heavy (non-hydrogen) atoms. The van der Waals surface area contributed by atoms with Crippen molar-refractivity contribution in [3.8, 4) is 50.2 Å². The number of aromatic nitrogens is 1. The molecule has 1 nitrogen and oxygen atoms in total. The quantitative estimate of drug-likeness (QED) is 0.171. The fourth-order valence-electron chi connectivity index (χ4n) is 10.2. The van der Waals surface area contributed by atoms with Crippen molar-refractivity contribution in [2.45, 2.75) is 44.4 Å². The fourth-order valence-corrected chi connectivity index (χ4v) is 10.2. The van der Waals surface area contributed by atoms with Crippen LogP contribution >= 0.6 is 0 Å². The van der Waals surface area contributed by atoms with Gasteiger partial charge in [0, 0.05) is 21.9 Å². The van der Waals surface area contributed by atoms with E-state index >= 15 is 0 Å². The van der Waals surface area contributed by atoms with E-state index in [1.165, 1.54) is 99.8 Å². The van der Waals surface area contributed by atoms with Crippen LogP contribution in [0.2, 0.25) is 0 Å². The first-order valence-corrected chi connectivity index (χ1v) is 20.1. The summed E-state index contributed by atoms with van der Waals surface area (Å²) in [6.45, 7) is 7.17. The standard InChI is InChI=1S/C55H43N/c1-35-43-21-10-11-22-44(43)47-30-39(25-26-41(47)32-46(35)37-17-8-5-9-18-37)40-27-28-53-49(31-40)50-33-48-45-23-12-13-24-51(45)55(2,3)52(48)34-54(50)56(53)42-20-14-19-38(29-42)36-15-6-4-7-16-36/h4-31,33-35,46H,32H2,1-3H3. The van der Waals surface area contributed by atoms with Gasteiger partial charge in [-0.15, -0.1) is 0 Å². The lowest BCUT2D eigenvalue weighted by Crippen LogP contribution is -2.14. The minimum absolute atomic E-state index is 0.0897. The maximum atomic E-state index is 2.50. The molecule has 2 aliphatic rings. The van der Waals surface area contributed by atoms with E-state index in [1.54, 1.807) is 0 Å². The highest BCUT2D eigenvalue weighted by Gasteiger charge is 2.36. The molecule has 9 aromatic rings. The summed E-state index contributed by atoms with van der Waals surface area (Å²) in [7, 11) is 0. The van der Waals surface area contributed by atoms with Crippen molar-refractivity contribution in [2.24, 2.45) is 0 Å².